The third kappa shape index (κ3) is 9.87. The van der Waals surface area contributed by atoms with Gasteiger partial charge in [-0.05, 0) is 110 Å². The van der Waals surface area contributed by atoms with Crippen LogP contribution in [0.1, 0.15) is 83.7 Å². The van der Waals surface area contributed by atoms with Gasteiger partial charge in [0, 0.05) is 74.8 Å². The van der Waals surface area contributed by atoms with Crippen molar-refractivity contribution in [3.8, 4) is 28.1 Å². The Kier molecular flexibility index (Phi) is 14.4. The average molecular weight is 904 g/mol. The number of phenolic OH excluding ortho intramolecular Hbond substituents is 1. The summed E-state index contributed by atoms with van der Waals surface area (Å²) in [4.78, 5) is 77.1. The van der Waals surface area contributed by atoms with Gasteiger partial charge in [0.25, 0.3) is 5.91 Å². The van der Waals surface area contributed by atoms with Gasteiger partial charge in [-0.15, -0.1) is 0 Å². The van der Waals surface area contributed by atoms with E-state index in [9.17, 15) is 29.1 Å². The van der Waals surface area contributed by atoms with Gasteiger partial charge in [-0.25, -0.2) is 5.43 Å². The van der Waals surface area contributed by atoms with E-state index >= 15 is 0 Å². The van der Waals surface area contributed by atoms with Crippen LogP contribution in [0, 0.1) is 17.3 Å². The van der Waals surface area contributed by atoms with Gasteiger partial charge < -0.3 is 34.3 Å². The van der Waals surface area contributed by atoms with E-state index in [0.717, 1.165) is 39.0 Å². The summed E-state index contributed by atoms with van der Waals surface area (Å²) >= 11 is 0. The van der Waals surface area contributed by atoms with Gasteiger partial charge in [0.05, 0.1) is 30.0 Å². The number of fused-ring (bicyclic) bond motifs is 6. The molecular weight excluding hydrogens is 839 g/mol. The molecule has 15 heteroatoms. The molecule has 7 rings (SSSR count). The van der Waals surface area contributed by atoms with Crippen molar-refractivity contribution < 1.29 is 38.6 Å². The Morgan fingerprint density at radius 2 is 1.86 bits per heavy atom. The third-order valence-corrected chi connectivity index (χ3v) is 13.4. The van der Waals surface area contributed by atoms with Crippen molar-refractivity contribution in [1.29, 1.82) is 0 Å². The largest absolute Gasteiger partial charge is 0.508 e. The highest BCUT2D eigenvalue weighted by atomic mass is 16.5. The predicted molar refractivity (Wildman–Crippen MR) is 252 cm³/mol. The summed E-state index contributed by atoms with van der Waals surface area (Å²) in [6.07, 6.45) is 4.65. The Labute approximate surface area is 387 Å². The smallest absolute Gasteiger partial charge is 0.324 e. The van der Waals surface area contributed by atoms with Crippen molar-refractivity contribution in [2.75, 3.05) is 40.4 Å². The molecule has 3 aliphatic heterocycles. The lowest BCUT2D eigenvalue weighted by atomic mass is 9.84. The maximum atomic E-state index is 14.7. The molecule has 6 bridgehead atoms. The number of carbonyl (C=O) groups is 5. The number of nitrogens with one attached hydrogen (secondary N) is 2. The van der Waals surface area contributed by atoms with Gasteiger partial charge in [-0.1, -0.05) is 46.4 Å². The molecule has 0 radical (unpaired) electrons. The molecule has 2 aromatic heterocycles. The minimum atomic E-state index is -1.16. The van der Waals surface area contributed by atoms with Crippen LogP contribution in [-0.2, 0) is 52.8 Å². The lowest BCUT2D eigenvalue weighted by molar-refractivity contribution is -0.155. The Bertz CT molecular complexity index is 2510. The highest BCUT2D eigenvalue weighted by Crippen LogP contribution is 2.42. The number of aryl methyl sites for hydroxylation is 1. The molecule has 5 heterocycles. The maximum Gasteiger partial charge on any atom is 0.324 e. The van der Waals surface area contributed by atoms with Crippen molar-refractivity contribution in [3.63, 3.8) is 0 Å². The Morgan fingerprint density at radius 3 is 2.58 bits per heavy atom. The summed E-state index contributed by atoms with van der Waals surface area (Å²) in [5, 5.41) is 16.7. The van der Waals surface area contributed by atoms with E-state index in [-0.39, 0.29) is 55.7 Å². The number of rotatable bonds is 10. The monoisotopic (exact) mass is 903 g/mol. The highest BCUT2D eigenvalue weighted by molar-refractivity contribution is 5.96. The summed E-state index contributed by atoms with van der Waals surface area (Å²) in [5.74, 6) is -2.87. The number of aromatic hydroxyl groups is 1. The summed E-state index contributed by atoms with van der Waals surface area (Å²) in [6, 6.07) is 12.5. The number of hydrogen-bond donors (Lipinski definition) is 3. The van der Waals surface area contributed by atoms with E-state index in [1.807, 2.05) is 39.0 Å². The number of methoxy groups -OCH3 is 1. The van der Waals surface area contributed by atoms with E-state index in [0.29, 0.717) is 49.9 Å². The van der Waals surface area contributed by atoms with Crippen LogP contribution >= 0.6 is 0 Å². The fourth-order valence-corrected chi connectivity index (χ4v) is 9.97. The summed E-state index contributed by atoms with van der Waals surface area (Å²) < 4.78 is 14.2. The number of ether oxygens (including phenoxy) is 2. The Hall–Kier alpha value is -6.06. The van der Waals surface area contributed by atoms with Crippen molar-refractivity contribution >= 4 is 40.5 Å². The number of carbonyl (C=O) groups excluding carboxylic acids is 5. The SMILES string of the molecule is C=CC(=O)N1CC[C@H](C(=O)N(C)C(C(=O)N[C@H]2Cc3cc(O)cc(c3)-c3ccc4c(c3)c(c(-c3cccnc3[C@H](C)OC)n4CC)CC(C)(C)COC(=O)[C@@H]3CCCN(N3)C2=O)C(C)C)C1. The summed E-state index contributed by atoms with van der Waals surface area (Å²) in [6.45, 7) is 17.1. The number of likely N-dealkylation sites (N-methyl/N-ethyl adjacent to an activating group) is 1. The van der Waals surface area contributed by atoms with E-state index in [4.69, 9.17) is 14.5 Å². The molecule has 0 saturated carbocycles. The van der Waals surface area contributed by atoms with Crippen LogP contribution in [0.25, 0.3) is 33.3 Å². The molecule has 5 atom stereocenters. The molecule has 4 aromatic rings. The number of pyridine rings is 1. The van der Waals surface area contributed by atoms with Crippen LogP contribution in [0.5, 0.6) is 5.75 Å². The quantitative estimate of drug-likeness (QED) is 0.127. The van der Waals surface area contributed by atoms with Crippen LogP contribution < -0.4 is 10.7 Å². The van der Waals surface area contributed by atoms with Gasteiger partial charge in [0.2, 0.25) is 17.7 Å². The van der Waals surface area contributed by atoms with Crippen LogP contribution in [-0.4, -0.2) is 118 Å². The van der Waals surface area contributed by atoms with Crippen LogP contribution in [0.3, 0.4) is 0 Å². The number of esters is 1. The highest BCUT2D eigenvalue weighted by Gasteiger charge is 2.40. The number of amides is 4. The molecule has 3 aliphatic rings. The molecular formula is C51H65N7O8. The van der Waals surface area contributed by atoms with Gasteiger partial charge in [0.1, 0.15) is 23.9 Å². The first-order chi connectivity index (χ1) is 31.4. The maximum absolute atomic E-state index is 14.7. The lowest BCUT2D eigenvalue weighted by Gasteiger charge is -2.37. The zero-order chi connectivity index (χ0) is 47.6. The van der Waals surface area contributed by atoms with Crippen molar-refractivity contribution in [2.45, 2.75) is 104 Å². The number of aromatic nitrogens is 2. The second kappa shape index (κ2) is 19.8. The Balaban J connectivity index is 1.31. The van der Waals surface area contributed by atoms with E-state index in [1.165, 1.54) is 16.0 Å². The molecule has 4 amide bonds. The number of nitrogens with zero attached hydrogens (tertiary/aromatic N) is 5. The molecule has 15 nitrogen and oxygen atoms in total. The van der Waals surface area contributed by atoms with Crippen LogP contribution in [0.2, 0.25) is 0 Å². The first-order valence-corrected chi connectivity index (χ1v) is 23.1. The number of benzene rings is 2. The predicted octanol–water partition coefficient (Wildman–Crippen LogP) is 5.97. The second-order valence-corrected chi connectivity index (χ2v) is 19.1. The minimum absolute atomic E-state index is 0.0114. The zero-order valence-electron chi connectivity index (χ0n) is 39.6. The lowest BCUT2D eigenvalue weighted by Crippen LogP contribution is -2.62. The van der Waals surface area contributed by atoms with E-state index < -0.39 is 47.2 Å². The molecule has 2 aromatic carbocycles. The Morgan fingerprint density at radius 1 is 1.09 bits per heavy atom. The molecule has 2 saturated heterocycles. The van der Waals surface area contributed by atoms with Gasteiger partial charge in [0.15, 0.2) is 0 Å². The normalized spacial score (nSPS) is 21.0. The minimum Gasteiger partial charge on any atom is -0.508 e. The van der Waals surface area contributed by atoms with Crippen LogP contribution in [0.15, 0.2) is 67.4 Å². The number of phenols is 1. The van der Waals surface area contributed by atoms with Crippen molar-refractivity contribution in [3.05, 3.63) is 84.2 Å². The molecule has 3 N–H and O–H groups in total. The van der Waals surface area contributed by atoms with Crippen LogP contribution in [0.4, 0.5) is 0 Å². The third-order valence-electron chi connectivity index (χ3n) is 13.4. The standard InChI is InChI=1S/C51H65N7O8/c1-10-43(60)56-21-18-34(28-56)48(62)55(8)45(30(3)4)47(61)53-41-24-32-22-35(25-36(59)23-32)33-16-17-42-38(26-33)39(46(57(42)11-2)37-14-12-19-52-44(37)31(5)65-9)27-51(6,7)29-66-50(64)40-15-13-20-58(54-40)49(41)63/h10,12,14,16-17,19,22-23,25-26,30-31,34,40-41,45,54,59H,1,11,13,15,18,20-21,24,27-29H2,2-9H3,(H,53,61)/t31-,34-,40-,41-,45?/m0/s1. The zero-order valence-corrected chi connectivity index (χ0v) is 39.6. The first kappa shape index (κ1) is 47.9. The number of hydrazine groups is 1. The van der Waals surface area contributed by atoms with Gasteiger partial charge >= 0.3 is 5.97 Å². The topological polar surface area (TPSA) is 176 Å². The summed E-state index contributed by atoms with van der Waals surface area (Å²) in [7, 11) is 3.25. The van der Waals surface area contributed by atoms with Gasteiger partial charge in [-0.3, -0.25) is 34.0 Å². The number of hydrogen-bond acceptors (Lipinski definition) is 10. The van der Waals surface area contributed by atoms with E-state index in [1.54, 1.807) is 37.4 Å². The van der Waals surface area contributed by atoms with Crippen molar-refractivity contribution in [2.24, 2.45) is 17.3 Å². The molecule has 352 valence electrons. The number of cyclic esters (lactones) is 1. The first-order valence-electron chi connectivity index (χ1n) is 23.1. The molecule has 2 fully saturated rings. The van der Waals surface area contributed by atoms with Gasteiger partial charge in [-0.2, -0.15) is 0 Å². The summed E-state index contributed by atoms with van der Waals surface area (Å²) in [5.41, 5.74) is 9.52. The van der Waals surface area contributed by atoms with Crippen molar-refractivity contribution in [1.82, 2.24) is 35.1 Å². The molecule has 1 unspecified atom stereocenters. The molecule has 0 aliphatic carbocycles. The molecule has 66 heavy (non-hydrogen) atoms. The number of likely N-dealkylation sites (tertiary alicyclic amines) is 1. The average Bonchev–Trinajstić information content (AvgIpc) is 3.92. The molecule has 0 spiro atoms. The van der Waals surface area contributed by atoms with E-state index in [2.05, 4.69) is 60.9 Å². The fraction of sp³-hybridized carbons (Fsp3) is 0.490. The fourth-order valence-electron chi connectivity index (χ4n) is 9.97. The second-order valence-electron chi connectivity index (χ2n) is 19.1.